The first-order chi connectivity index (χ1) is 18.9. The van der Waals surface area contributed by atoms with Crippen molar-refractivity contribution in [3.63, 3.8) is 0 Å². The van der Waals surface area contributed by atoms with Crippen LogP contribution < -0.4 is 5.73 Å². The number of carbonyl (C=O) groups is 2. The van der Waals surface area contributed by atoms with E-state index in [9.17, 15) is 35.9 Å². The van der Waals surface area contributed by atoms with Crippen LogP contribution in [0.2, 0.25) is 0 Å². The van der Waals surface area contributed by atoms with E-state index >= 15 is 0 Å². The van der Waals surface area contributed by atoms with Gasteiger partial charge in [0.25, 0.3) is 0 Å². The van der Waals surface area contributed by atoms with Crippen molar-refractivity contribution < 1.29 is 45.4 Å². The zero-order valence-corrected chi connectivity index (χ0v) is 21.5. The number of alkyl halides is 3. The topological polar surface area (TPSA) is 103 Å². The molecule has 2 N–H and O–H groups in total. The number of carbonyl (C=O) groups excluding carboxylic acids is 2. The number of nitrogens with two attached hydrogens (primary N) is 1. The van der Waals surface area contributed by atoms with Crippen LogP contribution in [0.5, 0.6) is 0 Å². The van der Waals surface area contributed by atoms with Crippen LogP contribution in [0.25, 0.3) is 0 Å². The lowest BCUT2D eigenvalue weighted by Crippen LogP contribution is -2.42. The molecule has 9 nitrogen and oxygen atoms in total. The van der Waals surface area contributed by atoms with E-state index in [1.54, 1.807) is 0 Å². The number of ether oxygens (including phenoxy) is 2. The number of morpholine rings is 1. The minimum Gasteiger partial charge on any atom is -0.461 e. The van der Waals surface area contributed by atoms with Crippen molar-refractivity contribution >= 4 is 11.9 Å². The molecule has 15 heteroatoms. The van der Waals surface area contributed by atoms with Gasteiger partial charge in [-0.15, -0.1) is 0 Å². The van der Waals surface area contributed by atoms with Gasteiger partial charge >= 0.3 is 12.1 Å². The minimum atomic E-state index is -4.84. The number of esters is 1. The molecule has 220 valence electrons. The summed E-state index contributed by atoms with van der Waals surface area (Å²) in [6.45, 7) is 2.52. The predicted molar refractivity (Wildman–Crippen MR) is 127 cm³/mol. The number of hydrogen-bond acceptors (Lipinski definition) is 7. The molecule has 0 bridgehead atoms. The molecule has 40 heavy (non-hydrogen) atoms. The molecule has 0 spiro atoms. The largest absolute Gasteiger partial charge is 0.461 e. The number of nitrogens with zero attached hydrogens (tertiary/aromatic N) is 4. The average molecular weight is 578 g/mol. The fourth-order valence-corrected chi connectivity index (χ4v) is 4.74. The third kappa shape index (κ3) is 7.12. The van der Waals surface area contributed by atoms with Crippen LogP contribution in [0.3, 0.4) is 0 Å². The molecule has 2 aliphatic rings. The van der Waals surface area contributed by atoms with E-state index in [0.29, 0.717) is 38.3 Å². The third-order valence-electron chi connectivity index (χ3n) is 6.77. The van der Waals surface area contributed by atoms with E-state index in [2.05, 4.69) is 9.88 Å². The smallest absolute Gasteiger partial charge is 0.449 e. The standard InChI is InChI=1S/C25H29F6N5O4/c26-17-13-19(28)18(27)11-15(17)10-16(32)12-21(37)35-3-4-36-20(14-35)22(33-24(36)25(29,30)31)23(38)40-7-1-2-34-5-8-39-9-6-34/h11,13,16H,1-10,12,14,32H2/t16-/m1/s1. The molecule has 1 atom stereocenters. The average Bonchev–Trinajstić information content (AvgIpc) is 3.30. The normalized spacial score (nSPS) is 17.0. The Kier molecular flexibility index (Phi) is 9.36. The molecule has 0 aliphatic carbocycles. The summed E-state index contributed by atoms with van der Waals surface area (Å²) in [5, 5.41) is 0. The molecule has 0 radical (unpaired) electrons. The van der Waals surface area contributed by atoms with Crippen LogP contribution >= 0.6 is 0 Å². The van der Waals surface area contributed by atoms with Gasteiger partial charge in [0.15, 0.2) is 17.3 Å². The molecule has 2 aromatic rings. The second kappa shape index (κ2) is 12.6. The molecule has 1 fully saturated rings. The molecule has 3 heterocycles. The quantitative estimate of drug-likeness (QED) is 0.212. The number of aromatic nitrogens is 2. The van der Waals surface area contributed by atoms with E-state index < -0.39 is 53.1 Å². The van der Waals surface area contributed by atoms with Crippen LogP contribution in [0.1, 0.15) is 40.4 Å². The summed E-state index contributed by atoms with van der Waals surface area (Å²) in [6.07, 6.45) is -5.00. The molecular weight excluding hydrogens is 548 g/mol. The van der Waals surface area contributed by atoms with Gasteiger partial charge in [0.1, 0.15) is 5.82 Å². The highest BCUT2D eigenvalue weighted by Crippen LogP contribution is 2.33. The van der Waals surface area contributed by atoms with Crippen molar-refractivity contribution in [1.29, 1.82) is 0 Å². The number of amides is 1. The van der Waals surface area contributed by atoms with Crippen molar-refractivity contribution in [2.24, 2.45) is 5.73 Å². The summed E-state index contributed by atoms with van der Waals surface area (Å²) in [4.78, 5) is 32.5. The second-order valence-electron chi connectivity index (χ2n) is 9.66. The Morgan fingerprint density at radius 3 is 2.45 bits per heavy atom. The van der Waals surface area contributed by atoms with Crippen LogP contribution in [0.15, 0.2) is 12.1 Å². The van der Waals surface area contributed by atoms with Crippen molar-refractivity contribution in [3.8, 4) is 0 Å². The first-order valence-electron chi connectivity index (χ1n) is 12.7. The maximum atomic E-state index is 14.0. The SMILES string of the molecule is N[C@@H](CC(=O)N1CCn2c(C(F)(F)F)nc(C(=O)OCCCN3CCOCC3)c2C1)Cc1cc(F)c(F)cc1F. The van der Waals surface area contributed by atoms with Gasteiger partial charge in [-0.2, -0.15) is 13.2 Å². The zero-order valence-electron chi connectivity index (χ0n) is 21.5. The summed E-state index contributed by atoms with van der Waals surface area (Å²) in [7, 11) is 0. The highest BCUT2D eigenvalue weighted by atomic mass is 19.4. The van der Waals surface area contributed by atoms with Gasteiger partial charge in [0.05, 0.1) is 32.1 Å². The van der Waals surface area contributed by atoms with Crippen LogP contribution in [0.4, 0.5) is 26.3 Å². The Morgan fingerprint density at radius 2 is 1.75 bits per heavy atom. The molecule has 1 aromatic carbocycles. The Balaban J connectivity index is 1.40. The van der Waals surface area contributed by atoms with Crippen LogP contribution in [0, 0.1) is 17.5 Å². The molecule has 1 saturated heterocycles. The molecule has 4 rings (SSSR count). The van der Waals surface area contributed by atoms with Gasteiger partial charge in [0, 0.05) is 51.3 Å². The Labute approximate surface area is 225 Å². The highest BCUT2D eigenvalue weighted by Gasteiger charge is 2.42. The lowest BCUT2D eigenvalue weighted by atomic mass is 10.0. The van der Waals surface area contributed by atoms with Gasteiger partial charge in [0.2, 0.25) is 11.7 Å². The highest BCUT2D eigenvalue weighted by molar-refractivity contribution is 5.89. The summed E-state index contributed by atoms with van der Waals surface area (Å²) < 4.78 is 92.9. The maximum absolute atomic E-state index is 14.0. The fourth-order valence-electron chi connectivity index (χ4n) is 4.74. The zero-order chi connectivity index (χ0) is 29.0. The fraction of sp³-hybridized carbons (Fsp3) is 0.560. The Morgan fingerprint density at radius 1 is 1.05 bits per heavy atom. The monoisotopic (exact) mass is 577 g/mol. The number of benzene rings is 1. The second-order valence-corrected chi connectivity index (χ2v) is 9.66. The molecule has 1 aromatic heterocycles. The van der Waals surface area contributed by atoms with Gasteiger partial charge in [-0.1, -0.05) is 0 Å². The van der Waals surface area contributed by atoms with E-state index in [-0.39, 0.29) is 50.3 Å². The molecule has 0 saturated carbocycles. The lowest BCUT2D eigenvalue weighted by Gasteiger charge is -2.30. The van der Waals surface area contributed by atoms with Gasteiger partial charge in [-0.05, 0) is 24.5 Å². The number of fused-ring (bicyclic) bond motifs is 1. The van der Waals surface area contributed by atoms with Gasteiger partial charge in [-0.25, -0.2) is 22.9 Å². The first-order valence-corrected chi connectivity index (χ1v) is 12.7. The van der Waals surface area contributed by atoms with Crippen molar-refractivity contribution in [2.45, 2.75) is 44.6 Å². The number of hydrogen-bond donors (Lipinski definition) is 1. The van der Waals surface area contributed by atoms with Crippen LogP contribution in [-0.4, -0.2) is 83.3 Å². The molecule has 1 amide bonds. The van der Waals surface area contributed by atoms with Crippen molar-refractivity contribution in [3.05, 3.63) is 52.4 Å². The van der Waals surface area contributed by atoms with E-state index in [4.69, 9.17) is 15.2 Å². The summed E-state index contributed by atoms with van der Waals surface area (Å²) in [5.74, 6) is -6.50. The van der Waals surface area contributed by atoms with E-state index in [0.717, 1.165) is 17.7 Å². The first kappa shape index (κ1) is 29.8. The third-order valence-corrected chi connectivity index (χ3v) is 6.77. The van der Waals surface area contributed by atoms with Crippen molar-refractivity contribution in [2.75, 3.05) is 46.0 Å². The number of halogens is 6. The Bertz CT molecular complexity index is 1230. The number of imidazole rings is 1. The minimum absolute atomic E-state index is 0.0259. The summed E-state index contributed by atoms with van der Waals surface area (Å²) in [6, 6.07) is 0.0543. The number of rotatable bonds is 9. The predicted octanol–water partition coefficient (Wildman–Crippen LogP) is 2.50. The molecule has 0 unspecified atom stereocenters. The van der Waals surface area contributed by atoms with E-state index in [1.165, 1.54) is 4.90 Å². The lowest BCUT2D eigenvalue weighted by molar-refractivity contribution is -0.148. The molecular formula is C25H29F6N5O4. The Hall–Kier alpha value is -3.17. The van der Waals surface area contributed by atoms with Gasteiger partial charge < -0.3 is 24.7 Å². The summed E-state index contributed by atoms with van der Waals surface area (Å²) in [5.41, 5.74) is 5.08. The maximum Gasteiger partial charge on any atom is 0.449 e. The molecule has 2 aliphatic heterocycles. The van der Waals surface area contributed by atoms with Crippen molar-refractivity contribution in [1.82, 2.24) is 19.4 Å². The van der Waals surface area contributed by atoms with Crippen LogP contribution in [-0.2, 0) is 40.0 Å². The van der Waals surface area contributed by atoms with Gasteiger partial charge in [-0.3, -0.25) is 9.69 Å². The van der Waals surface area contributed by atoms with E-state index in [1.807, 2.05) is 0 Å². The summed E-state index contributed by atoms with van der Waals surface area (Å²) >= 11 is 0.